The fraction of sp³-hybridized carbons (Fsp3) is 0.667. The van der Waals surface area contributed by atoms with Crippen molar-refractivity contribution in [2.45, 2.75) is 25.8 Å². The highest BCUT2D eigenvalue weighted by Crippen LogP contribution is 2.38. The Labute approximate surface area is 186 Å². The molecule has 0 aliphatic carbocycles. The Bertz CT molecular complexity index is 647. The second kappa shape index (κ2) is 10.6. The van der Waals surface area contributed by atoms with Gasteiger partial charge in [-0.2, -0.15) is 0 Å². The van der Waals surface area contributed by atoms with Crippen LogP contribution in [0.3, 0.4) is 0 Å². The fourth-order valence-corrected chi connectivity index (χ4v) is 4.10. The van der Waals surface area contributed by atoms with Crippen LogP contribution in [0.2, 0.25) is 0 Å². The number of aliphatic imine (C=N–C) groups is 1. The summed E-state index contributed by atoms with van der Waals surface area (Å²) in [5.41, 5.74) is 1.56. The normalized spacial score (nSPS) is 23.2. The molecule has 2 aliphatic rings. The molecule has 1 aromatic carbocycles. The summed E-state index contributed by atoms with van der Waals surface area (Å²) in [6.45, 7) is 7.62. The van der Waals surface area contributed by atoms with Gasteiger partial charge in [0.1, 0.15) is 5.75 Å². The second-order valence-electron chi connectivity index (χ2n) is 7.92. The van der Waals surface area contributed by atoms with Crippen molar-refractivity contribution in [1.29, 1.82) is 0 Å². The molecular formula is C21H35IN4O2. The molecule has 1 aromatic rings. The highest BCUT2D eigenvalue weighted by Gasteiger charge is 2.42. The van der Waals surface area contributed by atoms with Crippen molar-refractivity contribution in [2.75, 3.05) is 60.6 Å². The molecule has 2 fully saturated rings. The number of rotatable bonds is 6. The summed E-state index contributed by atoms with van der Waals surface area (Å²) < 4.78 is 11.1. The summed E-state index contributed by atoms with van der Waals surface area (Å²) in [7, 11) is 5.92. The fourth-order valence-electron chi connectivity index (χ4n) is 4.10. The number of ether oxygens (including phenoxy) is 2. The highest BCUT2D eigenvalue weighted by atomic mass is 127. The maximum atomic E-state index is 5.67. The van der Waals surface area contributed by atoms with E-state index in [1.165, 1.54) is 18.4 Å². The van der Waals surface area contributed by atoms with Gasteiger partial charge in [-0.25, -0.2) is 0 Å². The van der Waals surface area contributed by atoms with Crippen LogP contribution in [0.15, 0.2) is 29.3 Å². The van der Waals surface area contributed by atoms with E-state index in [9.17, 15) is 0 Å². The van der Waals surface area contributed by atoms with Gasteiger partial charge in [-0.3, -0.25) is 4.99 Å². The Kier molecular flexibility index (Phi) is 8.82. The predicted octanol–water partition coefficient (Wildman–Crippen LogP) is 2.99. The number of nitrogens with one attached hydrogen (secondary N) is 1. The molecule has 1 spiro atoms. The number of hydrogen-bond acceptors (Lipinski definition) is 4. The van der Waals surface area contributed by atoms with Crippen molar-refractivity contribution in [3.8, 4) is 5.75 Å². The van der Waals surface area contributed by atoms with Gasteiger partial charge in [0.25, 0.3) is 0 Å². The van der Waals surface area contributed by atoms with Crippen molar-refractivity contribution < 1.29 is 9.47 Å². The van der Waals surface area contributed by atoms with E-state index >= 15 is 0 Å². The van der Waals surface area contributed by atoms with Gasteiger partial charge < -0.3 is 24.6 Å². The number of likely N-dealkylation sites (N-methyl/N-ethyl adjacent to an activating group) is 1. The third kappa shape index (κ3) is 5.51. The SMILES string of the molecule is CCNC(=NCC(c1cccc(OC)c1)N(C)C)N1CCC2(CCOC2)C1.I. The van der Waals surface area contributed by atoms with E-state index in [-0.39, 0.29) is 30.0 Å². The smallest absolute Gasteiger partial charge is 0.194 e. The van der Waals surface area contributed by atoms with Crippen LogP contribution in [-0.2, 0) is 4.74 Å². The number of halogens is 1. The van der Waals surface area contributed by atoms with Crippen molar-refractivity contribution in [2.24, 2.45) is 10.4 Å². The summed E-state index contributed by atoms with van der Waals surface area (Å²) in [5, 5.41) is 3.49. The molecule has 2 unspecified atom stereocenters. The van der Waals surface area contributed by atoms with Crippen molar-refractivity contribution >= 4 is 29.9 Å². The van der Waals surface area contributed by atoms with Gasteiger partial charge >= 0.3 is 0 Å². The second-order valence-corrected chi connectivity index (χ2v) is 7.92. The molecule has 2 atom stereocenters. The standard InChI is InChI=1S/C21H34N4O2.HI/c1-5-22-20(25-11-9-21(15-25)10-12-27-16-21)23-14-19(24(2)3)17-7-6-8-18(13-17)26-4;/h6-8,13,19H,5,9-12,14-16H2,1-4H3,(H,22,23);1H. The van der Waals surface area contributed by atoms with E-state index in [4.69, 9.17) is 14.5 Å². The zero-order valence-corrected chi connectivity index (χ0v) is 19.9. The highest BCUT2D eigenvalue weighted by molar-refractivity contribution is 14.0. The number of likely N-dealkylation sites (tertiary alicyclic amines) is 1. The van der Waals surface area contributed by atoms with Crippen LogP contribution in [0.5, 0.6) is 5.75 Å². The van der Waals surface area contributed by atoms with Gasteiger partial charge in [0.05, 0.1) is 26.3 Å². The van der Waals surface area contributed by atoms with Crippen LogP contribution in [0.1, 0.15) is 31.4 Å². The van der Waals surface area contributed by atoms with Gasteiger partial charge in [-0.15, -0.1) is 24.0 Å². The van der Waals surface area contributed by atoms with E-state index < -0.39 is 0 Å². The van der Waals surface area contributed by atoms with Gasteiger partial charge in [-0.1, -0.05) is 12.1 Å². The summed E-state index contributed by atoms with van der Waals surface area (Å²) in [5.74, 6) is 1.91. The molecule has 2 aliphatic heterocycles. The van der Waals surface area contributed by atoms with E-state index in [0.717, 1.165) is 44.6 Å². The van der Waals surface area contributed by atoms with Crippen LogP contribution in [0.4, 0.5) is 0 Å². The molecule has 0 radical (unpaired) electrons. The Morgan fingerprint density at radius 2 is 2.21 bits per heavy atom. The molecule has 7 heteroatoms. The average molecular weight is 502 g/mol. The maximum absolute atomic E-state index is 5.67. The molecular weight excluding hydrogens is 467 g/mol. The van der Waals surface area contributed by atoms with Crippen LogP contribution < -0.4 is 10.1 Å². The molecule has 2 saturated heterocycles. The first-order valence-corrected chi connectivity index (χ1v) is 9.98. The largest absolute Gasteiger partial charge is 0.497 e. The first kappa shape index (κ1) is 23.2. The Morgan fingerprint density at radius 1 is 1.39 bits per heavy atom. The van der Waals surface area contributed by atoms with E-state index in [1.54, 1.807) is 7.11 Å². The van der Waals surface area contributed by atoms with Crippen LogP contribution in [0.25, 0.3) is 0 Å². The van der Waals surface area contributed by atoms with Crippen molar-refractivity contribution in [3.63, 3.8) is 0 Å². The summed E-state index contributed by atoms with van der Waals surface area (Å²) in [4.78, 5) is 9.65. The first-order valence-electron chi connectivity index (χ1n) is 9.98. The third-order valence-electron chi connectivity index (χ3n) is 5.77. The molecule has 0 bridgehead atoms. The van der Waals surface area contributed by atoms with Crippen molar-refractivity contribution in [3.05, 3.63) is 29.8 Å². The molecule has 158 valence electrons. The van der Waals surface area contributed by atoms with Crippen LogP contribution in [0, 0.1) is 5.41 Å². The maximum Gasteiger partial charge on any atom is 0.194 e. The molecule has 3 rings (SSSR count). The van der Waals surface area contributed by atoms with Gasteiger partial charge in [0, 0.05) is 31.7 Å². The lowest BCUT2D eigenvalue weighted by molar-refractivity contribution is 0.156. The summed E-state index contributed by atoms with van der Waals surface area (Å²) >= 11 is 0. The number of hydrogen-bond donors (Lipinski definition) is 1. The van der Waals surface area contributed by atoms with E-state index in [2.05, 4.69) is 48.3 Å². The number of guanidine groups is 1. The monoisotopic (exact) mass is 502 g/mol. The molecule has 0 aromatic heterocycles. The number of methoxy groups -OCH3 is 1. The summed E-state index contributed by atoms with van der Waals surface area (Å²) in [6.07, 6.45) is 2.37. The van der Waals surface area contributed by atoms with Gasteiger partial charge in [0.2, 0.25) is 0 Å². The summed E-state index contributed by atoms with van der Waals surface area (Å²) in [6, 6.07) is 8.49. The molecule has 6 nitrogen and oxygen atoms in total. The Morgan fingerprint density at radius 3 is 2.86 bits per heavy atom. The van der Waals surface area contributed by atoms with Gasteiger partial charge in [-0.05, 0) is 51.6 Å². The first-order chi connectivity index (χ1) is 13.1. The van der Waals surface area contributed by atoms with E-state index in [0.29, 0.717) is 12.0 Å². The minimum absolute atomic E-state index is 0. The zero-order chi connectivity index (χ0) is 19.3. The quantitative estimate of drug-likeness (QED) is 0.368. The lowest BCUT2D eigenvalue weighted by Crippen LogP contribution is -2.42. The zero-order valence-electron chi connectivity index (χ0n) is 17.6. The average Bonchev–Trinajstić information content (AvgIpc) is 3.31. The van der Waals surface area contributed by atoms with Crippen molar-refractivity contribution in [1.82, 2.24) is 15.1 Å². The van der Waals surface area contributed by atoms with E-state index in [1.807, 2.05) is 12.1 Å². The molecule has 1 N–H and O–H groups in total. The number of benzene rings is 1. The molecule has 28 heavy (non-hydrogen) atoms. The molecule has 0 saturated carbocycles. The molecule has 0 amide bonds. The number of nitrogens with zero attached hydrogens (tertiary/aromatic N) is 3. The lowest BCUT2D eigenvalue weighted by Gasteiger charge is -2.27. The predicted molar refractivity (Wildman–Crippen MR) is 125 cm³/mol. The topological polar surface area (TPSA) is 49.3 Å². The minimum Gasteiger partial charge on any atom is -0.497 e. The Balaban J connectivity index is 0.00000280. The van der Waals surface area contributed by atoms with Crippen LogP contribution in [-0.4, -0.2) is 76.4 Å². The minimum atomic E-state index is 0. The third-order valence-corrected chi connectivity index (χ3v) is 5.77. The van der Waals surface area contributed by atoms with Gasteiger partial charge in [0.15, 0.2) is 5.96 Å². The van der Waals surface area contributed by atoms with Crippen LogP contribution >= 0.6 is 24.0 Å². The molecule has 2 heterocycles. The lowest BCUT2D eigenvalue weighted by atomic mass is 9.87. The Hall–Kier alpha value is -1.06.